The van der Waals surface area contributed by atoms with E-state index >= 15 is 0 Å². The van der Waals surface area contributed by atoms with Crippen LogP contribution < -0.4 is 5.32 Å². The lowest BCUT2D eigenvalue weighted by Crippen LogP contribution is -2.45. The summed E-state index contributed by atoms with van der Waals surface area (Å²) in [6, 6.07) is 0.153. The molecule has 1 aromatic heterocycles. The number of hydrogen-bond acceptors (Lipinski definition) is 5. The SMILES string of the molecule is C[C@H](NC[C@H]1CCCN(C(=O)OC(C)(C)C)C1)c1cnccn1. The third-order valence-corrected chi connectivity index (χ3v) is 3.91. The summed E-state index contributed by atoms with van der Waals surface area (Å²) in [6.45, 7) is 10.2. The van der Waals surface area contributed by atoms with Crippen molar-refractivity contribution in [3.63, 3.8) is 0 Å². The molecule has 1 N–H and O–H groups in total. The average molecular weight is 320 g/mol. The van der Waals surface area contributed by atoms with Crippen molar-refractivity contribution in [1.82, 2.24) is 20.2 Å². The van der Waals surface area contributed by atoms with Gasteiger partial charge in [-0.3, -0.25) is 9.97 Å². The summed E-state index contributed by atoms with van der Waals surface area (Å²) in [5, 5.41) is 3.50. The fraction of sp³-hybridized carbons (Fsp3) is 0.706. The number of rotatable bonds is 4. The van der Waals surface area contributed by atoms with Gasteiger partial charge in [-0.1, -0.05) is 0 Å². The molecule has 1 aliphatic heterocycles. The Morgan fingerprint density at radius 3 is 2.91 bits per heavy atom. The Labute approximate surface area is 138 Å². The van der Waals surface area contributed by atoms with E-state index < -0.39 is 5.60 Å². The van der Waals surface area contributed by atoms with Gasteiger partial charge in [0.15, 0.2) is 0 Å². The van der Waals surface area contributed by atoms with Gasteiger partial charge >= 0.3 is 6.09 Å². The highest BCUT2D eigenvalue weighted by Gasteiger charge is 2.27. The molecule has 6 nitrogen and oxygen atoms in total. The molecule has 2 heterocycles. The van der Waals surface area contributed by atoms with Crippen LogP contribution in [0.1, 0.15) is 52.3 Å². The monoisotopic (exact) mass is 320 g/mol. The van der Waals surface area contributed by atoms with Crippen molar-refractivity contribution in [3.05, 3.63) is 24.3 Å². The average Bonchev–Trinajstić information content (AvgIpc) is 2.52. The van der Waals surface area contributed by atoms with E-state index in [1.54, 1.807) is 18.6 Å². The van der Waals surface area contributed by atoms with Gasteiger partial charge < -0.3 is 15.0 Å². The summed E-state index contributed by atoms with van der Waals surface area (Å²) in [7, 11) is 0. The molecule has 0 radical (unpaired) electrons. The van der Waals surface area contributed by atoms with Gasteiger partial charge in [-0.15, -0.1) is 0 Å². The lowest BCUT2D eigenvalue weighted by atomic mass is 9.98. The second kappa shape index (κ2) is 7.73. The summed E-state index contributed by atoms with van der Waals surface area (Å²) in [5.41, 5.74) is 0.496. The number of aromatic nitrogens is 2. The number of carbonyl (C=O) groups excluding carboxylic acids is 1. The molecule has 0 bridgehead atoms. The largest absolute Gasteiger partial charge is 0.444 e. The Bertz CT molecular complexity index is 501. The number of nitrogens with zero attached hydrogens (tertiary/aromatic N) is 3. The molecule has 0 unspecified atom stereocenters. The molecule has 1 saturated heterocycles. The molecule has 1 aromatic rings. The molecule has 2 atom stereocenters. The van der Waals surface area contributed by atoms with Crippen molar-refractivity contribution in [2.24, 2.45) is 5.92 Å². The Hall–Kier alpha value is -1.69. The van der Waals surface area contributed by atoms with Gasteiger partial charge in [0.05, 0.1) is 5.69 Å². The summed E-state index contributed by atoms with van der Waals surface area (Å²) < 4.78 is 5.47. The van der Waals surface area contributed by atoms with Gasteiger partial charge in [-0.25, -0.2) is 4.79 Å². The quantitative estimate of drug-likeness (QED) is 0.924. The zero-order chi connectivity index (χ0) is 16.9. The van der Waals surface area contributed by atoms with E-state index in [1.165, 1.54) is 0 Å². The molecule has 6 heteroatoms. The number of ether oxygens (including phenoxy) is 1. The predicted octanol–water partition coefficient (Wildman–Crippen LogP) is 2.77. The molecular formula is C17H28N4O2. The summed E-state index contributed by atoms with van der Waals surface area (Å²) in [4.78, 5) is 22.4. The van der Waals surface area contributed by atoms with E-state index in [0.29, 0.717) is 5.92 Å². The Balaban J connectivity index is 1.81. The number of amides is 1. The predicted molar refractivity (Wildman–Crippen MR) is 89.0 cm³/mol. The van der Waals surface area contributed by atoms with Crippen molar-refractivity contribution in [3.8, 4) is 0 Å². The topological polar surface area (TPSA) is 67.4 Å². The third kappa shape index (κ3) is 5.78. The maximum absolute atomic E-state index is 12.2. The van der Waals surface area contributed by atoms with E-state index in [-0.39, 0.29) is 12.1 Å². The van der Waals surface area contributed by atoms with Crippen LogP contribution in [0, 0.1) is 5.92 Å². The van der Waals surface area contributed by atoms with Crippen LogP contribution in [0.25, 0.3) is 0 Å². The van der Waals surface area contributed by atoms with Crippen LogP contribution in [0.4, 0.5) is 4.79 Å². The van der Waals surface area contributed by atoms with Crippen molar-refractivity contribution in [1.29, 1.82) is 0 Å². The number of likely N-dealkylation sites (tertiary alicyclic amines) is 1. The van der Waals surface area contributed by atoms with Gasteiger partial charge in [0.1, 0.15) is 5.60 Å². The highest BCUT2D eigenvalue weighted by molar-refractivity contribution is 5.68. The third-order valence-electron chi connectivity index (χ3n) is 3.91. The number of piperidine rings is 1. The van der Waals surface area contributed by atoms with Gasteiger partial charge in [-0.05, 0) is 46.5 Å². The second-order valence-corrected chi connectivity index (χ2v) is 7.19. The summed E-state index contributed by atoms with van der Waals surface area (Å²) >= 11 is 0. The molecule has 1 aliphatic rings. The van der Waals surface area contributed by atoms with Gasteiger partial charge in [-0.2, -0.15) is 0 Å². The molecule has 23 heavy (non-hydrogen) atoms. The molecule has 1 fully saturated rings. The minimum absolute atomic E-state index is 0.153. The summed E-state index contributed by atoms with van der Waals surface area (Å²) in [6.07, 6.45) is 7.11. The molecular weight excluding hydrogens is 292 g/mol. The second-order valence-electron chi connectivity index (χ2n) is 7.19. The lowest BCUT2D eigenvalue weighted by molar-refractivity contribution is 0.0165. The lowest BCUT2D eigenvalue weighted by Gasteiger charge is -2.34. The van der Waals surface area contributed by atoms with Crippen LogP contribution in [-0.2, 0) is 4.74 Å². The minimum Gasteiger partial charge on any atom is -0.444 e. The Morgan fingerprint density at radius 2 is 2.26 bits per heavy atom. The van der Waals surface area contributed by atoms with Crippen LogP contribution in [0.2, 0.25) is 0 Å². The number of nitrogens with one attached hydrogen (secondary N) is 1. The molecule has 0 saturated carbocycles. The van der Waals surface area contributed by atoms with Gasteiger partial charge in [0.2, 0.25) is 0 Å². The molecule has 1 amide bonds. The molecule has 2 rings (SSSR count). The number of carbonyl (C=O) groups is 1. The van der Waals surface area contributed by atoms with Gasteiger partial charge in [0.25, 0.3) is 0 Å². The first kappa shape index (κ1) is 17.7. The van der Waals surface area contributed by atoms with Crippen molar-refractivity contribution in [2.75, 3.05) is 19.6 Å². The first-order valence-corrected chi connectivity index (χ1v) is 8.32. The van der Waals surface area contributed by atoms with E-state index in [1.807, 2.05) is 25.7 Å². The maximum Gasteiger partial charge on any atom is 0.410 e. The highest BCUT2D eigenvalue weighted by Crippen LogP contribution is 2.19. The van der Waals surface area contributed by atoms with Gasteiger partial charge in [0, 0.05) is 44.3 Å². The molecule has 0 aliphatic carbocycles. The zero-order valence-corrected chi connectivity index (χ0v) is 14.6. The van der Waals surface area contributed by atoms with Crippen molar-refractivity contribution in [2.45, 2.75) is 52.2 Å². The molecule has 128 valence electrons. The van der Waals surface area contributed by atoms with Crippen molar-refractivity contribution >= 4 is 6.09 Å². The summed E-state index contributed by atoms with van der Waals surface area (Å²) in [5.74, 6) is 0.440. The zero-order valence-electron chi connectivity index (χ0n) is 14.6. The first-order valence-electron chi connectivity index (χ1n) is 8.32. The van der Waals surface area contributed by atoms with E-state index in [2.05, 4.69) is 22.2 Å². The minimum atomic E-state index is -0.442. The van der Waals surface area contributed by atoms with Crippen LogP contribution in [0.15, 0.2) is 18.6 Å². The van der Waals surface area contributed by atoms with Crippen molar-refractivity contribution < 1.29 is 9.53 Å². The Kier molecular flexibility index (Phi) is 5.93. The van der Waals surface area contributed by atoms with Crippen LogP contribution in [0.5, 0.6) is 0 Å². The van der Waals surface area contributed by atoms with Crippen LogP contribution in [0.3, 0.4) is 0 Å². The Morgan fingerprint density at radius 1 is 1.48 bits per heavy atom. The van der Waals surface area contributed by atoms with E-state index in [0.717, 1.165) is 38.2 Å². The van der Waals surface area contributed by atoms with Crippen LogP contribution in [-0.4, -0.2) is 46.2 Å². The van der Waals surface area contributed by atoms with E-state index in [4.69, 9.17) is 4.74 Å². The standard InChI is InChI=1S/C17H28N4O2/c1-13(15-11-18-7-8-19-15)20-10-14-6-5-9-21(12-14)16(22)23-17(2,3)4/h7-8,11,13-14,20H,5-6,9-10,12H2,1-4H3/t13-,14+/m0/s1. The van der Waals surface area contributed by atoms with E-state index in [9.17, 15) is 4.79 Å². The molecule has 0 spiro atoms. The van der Waals surface area contributed by atoms with Crippen LogP contribution >= 0.6 is 0 Å². The maximum atomic E-state index is 12.2. The normalized spacial score (nSPS) is 20.2. The number of hydrogen-bond donors (Lipinski definition) is 1. The fourth-order valence-electron chi connectivity index (χ4n) is 2.71. The first-order chi connectivity index (χ1) is 10.8. The highest BCUT2D eigenvalue weighted by atomic mass is 16.6. The fourth-order valence-corrected chi connectivity index (χ4v) is 2.71. The molecule has 0 aromatic carbocycles. The smallest absolute Gasteiger partial charge is 0.410 e.